The average Bonchev–Trinajstić information content (AvgIpc) is 3.46. The van der Waals surface area contributed by atoms with Crippen molar-refractivity contribution in [2.75, 3.05) is 11.9 Å². The third-order valence-electron chi connectivity index (χ3n) is 5.43. The van der Waals surface area contributed by atoms with Crippen LogP contribution in [0.15, 0.2) is 66.1 Å². The molecule has 2 heterocycles. The number of anilines is 1. The van der Waals surface area contributed by atoms with Crippen LogP contribution in [0.3, 0.4) is 0 Å². The fourth-order valence-corrected chi connectivity index (χ4v) is 3.44. The summed E-state index contributed by atoms with van der Waals surface area (Å²) in [6.07, 6.45) is -7.36. The molecule has 4 rings (SSSR count). The molecule has 1 amide bonds. The fourth-order valence-electron chi connectivity index (χ4n) is 3.44. The van der Waals surface area contributed by atoms with Crippen LogP contribution in [0.5, 0.6) is 5.75 Å². The number of aryl methyl sites for hydroxylation is 1. The molecule has 0 unspecified atom stereocenters. The van der Waals surface area contributed by atoms with E-state index in [-0.39, 0.29) is 23.5 Å². The molecule has 0 atom stereocenters. The number of benzene rings is 2. The summed E-state index contributed by atoms with van der Waals surface area (Å²) in [6.45, 7) is 0. The maximum absolute atomic E-state index is 14.0. The van der Waals surface area contributed by atoms with E-state index in [1.165, 1.54) is 12.5 Å². The molecule has 0 aliphatic rings. The van der Waals surface area contributed by atoms with Gasteiger partial charge in [0.05, 0.1) is 17.6 Å². The minimum Gasteiger partial charge on any atom is -0.407 e. The molecular formula is C25H16F7N5O3. The summed E-state index contributed by atoms with van der Waals surface area (Å²) < 4.78 is 104. The smallest absolute Gasteiger partial charge is 0.407 e. The molecule has 40 heavy (non-hydrogen) atoms. The second-order valence-electron chi connectivity index (χ2n) is 8.25. The van der Waals surface area contributed by atoms with Crippen LogP contribution in [-0.4, -0.2) is 31.8 Å². The minimum absolute atomic E-state index is 0.00142. The first-order valence-electron chi connectivity index (χ1n) is 11.0. The van der Waals surface area contributed by atoms with Crippen molar-refractivity contribution in [3.63, 3.8) is 0 Å². The highest BCUT2D eigenvalue weighted by Crippen LogP contribution is 2.44. The molecule has 0 radical (unpaired) electrons. The maximum atomic E-state index is 14.0. The Morgan fingerprint density at radius 1 is 1.02 bits per heavy atom. The van der Waals surface area contributed by atoms with E-state index in [0.717, 1.165) is 43.7 Å². The van der Waals surface area contributed by atoms with Crippen LogP contribution in [0.4, 0.5) is 41.2 Å². The number of imidazole rings is 2. The van der Waals surface area contributed by atoms with Gasteiger partial charge in [0.1, 0.15) is 17.1 Å². The molecule has 0 fully saturated rings. The fraction of sp³-hybridized carbons (Fsp3) is 0.160. The first kappa shape index (κ1) is 28.0. The molecular weight excluding hydrogens is 551 g/mol. The predicted octanol–water partition coefficient (Wildman–Crippen LogP) is 5.04. The van der Waals surface area contributed by atoms with E-state index in [2.05, 4.69) is 16.9 Å². The second kappa shape index (κ2) is 10.3. The number of hydrogen-bond acceptors (Lipinski definition) is 4. The molecule has 208 valence electrons. The highest BCUT2D eigenvalue weighted by molar-refractivity contribution is 5.89. The lowest BCUT2D eigenvalue weighted by Gasteiger charge is -2.22. The first-order chi connectivity index (χ1) is 18.6. The van der Waals surface area contributed by atoms with Gasteiger partial charge in [-0.3, -0.25) is 9.47 Å². The van der Waals surface area contributed by atoms with E-state index >= 15 is 0 Å². The van der Waals surface area contributed by atoms with Crippen molar-refractivity contribution in [3.05, 3.63) is 94.4 Å². The number of alkyl halides is 6. The van der Waals surface area contributed by atoms with Crippen LogP contribution in [-0.2, 0) is 19.4 Å². The number of halogens is 7. The Morgan fingerprint density at radius 3 is 2.27 bits per heavy atom. The van der Waals surface area contributed by atoms with Crippen LogP contribution < -0.4 is 15.3 Å². The highest BCUT2D eigenvalue weighted by Gasteiger charge is 2.42. The van der Waals surface area contributed by atoms with E-state index < -0.39 is 52.5 Å². The first-order valence-corrected chi connectivity index (χ1v) is 11.0. The van der Waals surface area contributed by atoms with Crippen molar-refractivity contribution in [2.24, 2.45) is 7.05 Å². The molecule has 2 aromatic heterocycles. The number of amides is 1. The van der Waals surface area contributed by atoms with Crippen LogP contribution in [0, 0.1) is 17.8 Å². The molecule has 0 saturated carbocycles. The standard InChI is InChI=1S/C25H16F7N5O3/c1-34-13-17(33-14-34)7-8-36-9-10-37(22(36)38)20-12-15(24(27,28)29)11-19(25(30,31)32)21(20)40-23(39)35(2)18-5-3-16(26)4-6-18/h3-6,9-14H,1-2H3. The molecule has 2 aromatic carbocycles. The zero-order valence-electron chi connectivity index (χ0n) is 20.4. The molecule has 0 aliphatic carbocycles. The zero-order valence-corrected chi connectivity index (χ0v) is 20.4. The number of ether oxygens (including phenoxy) is 1. The quantitative estimate of drug-likeness (QED) is 0.257. The van der Waals surface area contributed by atoms with E-state index in [1.54, 1.807) is 11.6 Å². The van der Waals surface area contributed by atoms with Gasteiger partial charge in [-0.05, 0) is 42.3 Å². The van der Waals surface area contributed by atoms with Gasteiger partial charge >= 0.3 is 24.1 Å². The van der Waals surface area contributed by atoms with E-state index in [1.807, 2.05) is 0 Å². The van der Waals surface area contributed by atoms with Gasteiger partial charge in [-0.25, -0.2) is 23.5 Å². The predicted molar refractivity (Wildman–Crippen MR) is 126 cm³/mol. The van der Waals surface area contributed by atoms with Crippen LogP contribution in [0.1, 0.15) is 16.8 Å². The lowest BCUT2D eigenvalue weighted by atomic mass is 10.1. The van der Waals surface area contributed by atoms with Gasteiger partial charge in [-0.2, -0.15) is 26.3 Å². The summed E-state index contributed by atoms with van der Waals surface area (Å²) >= 11 is 0. The van der Waals surface area contributed by atoms with Crippen molar-refractivity contribution in [1.82, 2.24) is 18.7 Å². The summed E-state index contributed by atoms with van der Waals surface area (Å²) in [7, 11) is 2.74. The monoisotopic (exact) mass is 567 g/mol. The number of carbonyl (C=O) groups excluding carboxylic acids is 1. The van der Waals surface area contributed by atoms with Crippen molar-refractivity contribution in [3.8, 4) is 23.4 Å². The topological polar surface area (TPSA) is 74.3 Å². The van der Waals surface area contributed by atoms with Crippen molar-refractivity contribution in [1.29, 1.82) is 0 Å². The van der Waals surface area contributed by atoms with E-state index in [0.29, 0.717) is 14.0 Å². The zero-order chi connectivity index (χ0) is 29.4. The minimum atomic E-state index is -5.44. The van der Waals surface area contributed by atoms with Crippen LogP contribution in [0.2, 0.25) is 0 Å². The maximum Gasteiger partial charge on any atom is 0.420 e. The average molecular weight is 567 g/mol. The molecule has 15 heteroatoms. The Morgan fingerprint density at radius 2 is 1.70 bits per heavy atom. The molecule has 0 N–H and O–H groups in total. The largest absolute Gasteiger partial charge is 0.420 e. The van der Waals surface area contributed by atoms with Crippen LogP contribution >= 0.6 is 0 Å². The molecule has 4 aromatic rings. The van der Waals surface area contributed by atoms with Crippen molar-refractivity contribution >= 4 is 11.8 Å². The molecule has 0 saturated heterocycles. The van der Waals surface area contributed by atoms with Gasteiger partial charge in [-0.15, -0.1) is 0 Å². The van der Waals surface area contributed by atoms with Crippen LogP contribution in [0.25, 0.3) is 5.69 Å². The normalized spacial score (nSPS) is 11.6. The Kier molecular flexibility index (Phi) is 7.20. The lowest BCUT2D eigenvalue weighted by molar-refractivity contribution is -0.143. The van der Waals surface area contributed by atoms with Gasteiger partial charge in [0.15, 0.2) is 5.75 Å². The number of carbonyl (C=O) groups is 1. The Bertz CT molecular complexity index is 1690. The Labute approximate surface area is 220 Å². The molecule has 0 bridgehead atoms. The molecule has 0 spiro atoms. The van der Waals surface area contributed by atoms with E-state index in [4.69, 9.17) is 4.74 Å². The number of rotatable bonds is 3. The van der Waals surface area contributed by atoms with Gasteiger partial charge in [0.2, 0.25) is 0 Å². The number of nitrogens with zero attached hydrogens (tertiary/aromatic N) is 5. The van der Waals surface area contributed by atoms with Gasteiger partial charge in [-0.1, -0.05) is 0 Å². The second-order valence-corrected chi connectivity index (χ2v) is 8.25. The van der Waals surface area contributed by atoms with Crippen molar-refractivity contribution < 1.29 is 40.3 Å². The summed E-state index contributed by atoms with van der Waals surface area (Å²) in [5, 5.41) is 0. The summed E-state index contributed by atoms with van der Waals surface area (Å²) in [5.74, 6) is 0.506. The third kappa shape index (κ3) is 5.85. The molecule has 0 aliphatic heterocycles. The Hall–Kier alpha value is -5.00. The van der Waals surface area contributed by atoms with Crippen molar-refractivity contribution in [2.45, 2.75) is 12.4 Å². The highest BCUT2D eigenvalue weighted by atomic mass is 19.4. The lowest BCUT2D eigenvalue weighted by Crippen LogP contribution is -2.31. The summed E-state index contributed by atoms with van der Waals surface area (Å²) in [4.78, 5) is 30.4. The number of hydrogen-bond donors (Lipinski definition) is 0. The SMILES string of the molecule is CN(C(=O)Oc1c(-n2ccn(C#Cc3cn(C)cn3)c2=O)cc(C(F)(F)F)cc1C(F)(F)F)c1ccc(F)cc1. The Balaban J connectivity index is 1.87. The van der Waals surface area contributed by atoms with E-state index in [9.17, 15) is 40.3 Å². The summed E-state index contributed by atoms with van der Waals surface area (Å²) in [6, 6.07) is 6.60. The van der Waals surface area contributed by atoms with Gasteiger partial charge < -0.3 is 9.30 Å². The third-order valence-corrected chi connectivity index (χ3v) is 5.43. The number of aromatic nitrogens is 4. The summed E-state index contributed by atoms with van der Waals surface area (Å²) in [5.41, 5.74) is -5.65. The van der Waals surface area contributed by atoms with Gasteiger partial charge in [0, 0.05) is 44.4 Å². The molecule has 8 nitrogen and oxygen atoms in total. The van der Waals surface area contributed by atoms with Gasteiger partial charge in [0.25, 0.3) is 0 Å².